The van der Waals surface area contributed by atoms with Gasteiger partial charge in [-0.25, -0.2) is 9.98 Å². The van der Waals surface area contributed by atoms with Crippen LogP contribution in [0.2, 0.25) is 0 Å². The summed E-state index contributed by atoms with van der Waals surface area (Å²) in [6, 6.07) is 9.02. The number of rotatable bonds is 8. The summed E-state index contributed by atoms with van der Waals surface area (Å²) < 4.78 is 0. The number of nitrogens with zero attached hydrogens (tertiary/aromatic N) is 3. The predicted molar refractivity (Wildman–Crippen MR) is 127 cm³/mol. The van der Waals surface area contributed by atoms with Gasteiger partial charge < -0.3 is 15.5 Å². The lowest BCUT2D eigenvalue weighted by Gasteiger charge is -2.26. The van der Waals surface area contributed by atoms with Crippen LogP contribution in [0.25, 0.3) is 0 Å². The Bertz CT molecular complexity index is 697. The van der Waals surface area contributed by atoms with E-state index in [0.29, 0.717) is 6.54 Å². The lowest BCUT2D eigenvalue weighted by atomic mass is 10.0. The van der Waals surface area contributed by atoms with E-state index in [1.165, 1.54) is 16.0 Å². The Hall–Kier alpha value is -1.19. The van der Waals surface area contributed by atoms with Gasteiger partial charge in [0.15, 0.2) is 5.96 Å². The summed E-state index contributed by atoms with van der Waals surface area (Å²) in [4.78, 5) is 12.7. The predicted octanol–water partition coefficient (Wildman–Crippen LogP) is 3.99. The van der Waals surface area contributed by atoms with E-state index in [-0.39, 0.29) is 30.0 Å². The molecule has 7 heteroatoms. The molecular weight excluding hydrogens is 469 g/mol. The molecule has 5 nitrogen and oxygen atoms in total. The van der Waals surface area contributed by atoms with Crippen molar-refractivity contribution in [3.8, 4) is 0 Å². The molecule has 0 bridgehead atoms. The average molecular weight is 501 g/mol. The van der Waals surface area contributed by atoms with Crippen molar-refractivity contribution in [2.45, 2.75) is 39.8 Å². The summed E-state index contributed by atoms with van der Waals surface area (Å²) in [7, 11) is 4.22. The highest BCUT2D eigenvalue weighted by molar-refractivity contribution is 14.0. The van der Waals surface area contributed by atoms with E-state index in [1.807, 2.05) is 6.20 Å². The molecule has 0 aliphatic carbocycles. The number of nitrogens with one attached hydrogen (secondary N) is 2. The van der Waals surface area contributed by atoms with Gasteiger partial charge >= 0.3 is 0 Å². The second kappa shape index (κ2) is 12.3. The zero-order valence-corrected chi connectivity index (χ0v) is 20.1. The fraction of sp³-hybridized carbons (Fsp3) is 0.500. The van der Waals surface area contributed by atoms with Crippen LogP contribution in [0.1, 0.15) is 40.9 Å². The van der Waals surface area contributed by atoms with Crippen LogP contribution >= 0.6 is 35.3 Å². The van der Waals surface area contributed by atoms with Crippen molar-refractivity contribution >= 4 is 41.3 Å². The first-order chi connectivity index (χ1) is 12.5. The third kappa shape index (κ3) is 7.75. The van der Waals surface area contributed by atoms with Gasteiger partial charge in [0.05, 0.1) is 12.6 Å². The molecule has 0 saturated heterocycles. The average Bonchev–Trinajstić information content (AvgIpc) is 3.09. The van der Waals surface area contributed by atoms with Gasteiger partial charge in [0, 0.05) is 24.2 Å². The number of hydrogen-bond acceptors (Lipinski definition) is 4. The zero-order valence-electron chi connectivity index (χ0n) is 17.0. The van der Waals surface area contributed by atoms with Gasteiger partial charge in [-0.15, -0.1) is 35.3 Å². The quantitative estimate of drug-likeness (QED) is 0.327. The van der Waals surface area contributed by atoms with Crippen LogP contribution in [-0.2, 0) is 13.0 Å². The Labute approximate surface area is 184 Å². The molecule has 1 unspecified atom stereocenters. The molecule has 0 aliphatic heterocycles. The summed E-state index contributed by atoms with van der Waals surface area (Å²) >= 11 is 1.74. The number of hydrogen-bond donors (Lipinski definition) is 2. The van der Waals surface area contributed by atoms with Gasteiger partial charge in [0.1, 0.15) is 5.01 Å². The minimum Gasteiger partial charge on any atom is -0.357 e. The summed E-state index contributed by atoms with van der Waals surface area (Å²) in [5.41, 5.74) is 2.58. The number of halogens is 1. The summed E-state index contributed by atoms with van der Waals surface area (Å²) in [6.45, 7) is 8.58. The molecule has 2 aromatic rings. The number of benzene rings is 1. The van der Waals surface area contributed by atoms with E-state index in [2.05, 4.69) is 79.6 Å². The van der Waals surface area contributed by atoms with Crippen molar-refractivity contribution in [1.82, 2.24) is 20.5 Å². The van der Waals surface area contributed by atoms with Crippen molar-refractivity contribution in [3.63, 3.8) is 0 Å². The van der Waals surface area contributed by atoms with Crippen molar-refractivity contribution in [2.75, 3.05) is 27.2 Å². The van der Waals surface area contributed by atoms with Crippen LogP contribution in [-0.4, -0.2) is 43.0 Å². The SMILES string of the molecule is CCNC(=NCc1ncc(CC)s1)NCC(c1ccc(C)cc1)N(C)C.I. The molecule has 0 aliphatic rings. The molecule has 0 amide bonds. The molecule has 1 aromatic carbocycles. The Morgan fingerprint density at radius 2 is 1.89 bits per heavy atom. The smallest absolute Gasteiger partial charge is 0.191 e. The van der Waals surface area contributed by atoms with E-state index < -0.39 is 0 Å². The molecule has 1 atom stereocenters. The van der Waals surface area contributed by atoms with Crippen LogP contribution in [0.4, 0.5) is 0 Å². The van der Waals surface area contributed by atoms with E-state index >= 15 is 0 Å². The van der Waals surface area contributed by atoms with Crippen molar-refractivity contribution < 1.29 is 0 Å². The highest BCUT2D eigenvalue weighted by Crippen LogP contribution is 2.18. The molecule has 150 valence electrons. The minimum atomic E-state index is 0. The summed E-state index contributed by atoms with van der Waals surface area (Å²) in [5.74, 6) is 0.833. The van der Waals surface area contributed by atoms with Gasteiger partial charge in [-0.05, 0) is 39.9 Å². The normalized spacial score (nSPS) is 12.6. The van der Waals surface area contributed by atoms with Crippen molar-refractivity contribution in [1.29, 1.82) is 0 Å². The lowest BCUT2D eigenvalue weighted by molar-refractivity contribution is 0.298. The standard InChI is InChI=1S/C20H31N5S.HI/c1-6-17-12-22-19(26-17)14-24-20(21-7-2)23-13-18(25(4)5)16-10-8-15(3)9-11-16;/h8-12,18H,6-7,13-14H2,1-5H3,(H2,21,23,24);1H. The van der Waals surface area contributed by atoms with Crippen LogP contribution in [0.5, 0.6) is 0 Å². The Kier molecular flexibility index (Phi) is 10.9. The molecule has 0 spiro atoms. The molecule has 2 N–H and O–H groups in total. The van der Waals surface area contributed by atoms with Gasteiger partial charge in [0.2, 0.25) is 0 Å². The number of thiazole rings is 1. The van der Waals surface area contributed by atoms with Gasteiger partial charge in [0.25, 0.3) is 0 Å². The van der Waals surface area contributed by atoms with Crippen molar-refractivity contribution in [3.05, 3.63) is 51.5 Å². The summed E-state index contributed by atoms with van der Waals surface area (Å²) in [6.07, 6.45) is 2.98. The van der Waals surface area contributed by atoms with Crippen LogP contribution in [0.3, 0.4) is 0 Å². The summed E-state index contributed by atoms with van der Waals surface area (Å²) in [5, 5.41) is 7.86. The van der Waals surface area contributed by atoms with Crippen LogP contribution in [0, 0.1) is 6.92 Å². The second-order valence-electron chi connectivity index (χ2n) is 6.54. The second-order valence-corrected chi connectivity index (χ2v) is 7.74. The topological polar surface area (TPSA) is 52.6 Å². The lowest BCUT2D eigenvalue weighted by Crippen LogP contribution is -2.41. The van der Waals surface area contributed by atoms with E-state index in [1.54, 1.807) is 11.3 Å². The fourth-order valence-corrected chi connectivity index (χ4v) is 3.44. The molecule has 0 fully saturated rings. The van der Waals surface area contributed by atoms with Crippen molar-refractivity contribution in [2.24, 2.45) is 4.99 Å². The van der Waals surface area contributed by atoms with Crippen LogP contribution < -0.4 is 10.6 Å². The maximum absolute atomic E-state index is 4.69. The van der Waals surface area contributed by atoms with E-state index in [9.17, 15) is 0 Å². The third-order valence-corrected chi connectivity index (χ3v) is 5.34. The van der Waals surface area contributed by atoms with Gasteiger partial charge in [-0.3, -0.25) is 0 Å². The number of aryl methyl sites for hydroxylation is 2. The maximum Gasteiger partial charge on any atom is 0.191 e. The molecule has 1 aromatic heterocycles. The van der Waals surface area contributed by atoms with Crippen LogP contribution in [0.15, 0.2) is 35.5 Å². The number of guanidine groups is 1. The minimum absolute atomic E-state index is 0. The number of aromatic nitrogens is 1. The third-order valence-electron chi connectivity index (χ3n) is 4.21. The Balaban J connectivity index is 0.00000364. The first-order valence-corrected chi connectivity index (χ1v) is 10.0. The largest absolute Gasteiger partial charge is 0.357 e. The Morgan fingerprint density at radius 1 is 1.19 bits per heavy atom. The highest BCUT2D eigenvalue weighted by atomic mass is 127. The number of likely N-dealkylation sites (N-methyl/N-ethyl adjacent to an activating group) is 1. The van der Waals surface area contributed by atoms with E-state index in [0.717, 1.165) is 30.5 Å². The zero-order chi connectivity index (χ0) is 18.9. The maximum atomic E-state index is 4.69. The first-order valence-electron chi connectivity index (χ1n) is 9.22. The first kappa shape index (κ1) is 23.8. The molecule has 1 heterocycles. The molecule has 0 saturated carbocycles. The number of aliphatic imine (C=N–C) groups is 1. The molecule has 27 heavy (non-hydrogen) atoms. The Morgan fingerprint density at radius 3 is 2.44 bits per heavy atom. The van der Waals surface area contributed by atoms with Gasteiger partial charge in [-0.1, -0.05) is 36.8 Å². The highest BCUT2D eigenvalue weighted by Gasteiger charge is 2.14. The van der Waals surface area contributed by atoms with Gasteiger partial charge in [-0.2, -0.15) is 0 Å². The molecule has 0 radical (unpaired) electrons. The molecular formula is C20H32IN5S. The van der Waals surface area contributed by atoms with E-state index in [4.69, 9.17) is 4.99 Å². The monoisotopic (exact) mass is 501 g/mol. The molecule has 2 rings (SSSR count). The fourth-order valence-electron chi connectivity index (χ4n) is 2.65.